The van der Waals surface area contributed by atoms with E-state index in [0.29, 0.717) is 5.92 Å². The molecule has 1 aliphatic carbocycles. The summed E-state index contributed by atoms with van der Waals surface area (Å²) < 4.78 is 0. The maximum atomic E-state index is 4.94. The first-order valence-corrected chi connectivity index (χ1v) is 7.05. The van der Waals surface area contributed by atoms with Gasteiger partial charge in [-0.25, -0.2) is 0 Å². The fourth-order valence-corrected chi connectivity index (χ4v) is 3.55. The molecule has 92 valence electrons. The van der Waals surface area contributed by atoms with E-state index in [0.717, 1.165) is 17.8 Å². The van der Waals surface area contributed by atoms with E-state index in [-0.39, 0.29) is 0 Å². The quantitative estimate of drug-likeness (QED) is 0.731. The summed E-state index contributed by atoms with van der Waals surface area (Å²) >= 11 is 0. The van der Waals surface area contributed by atoms with Gasteiger partial charge in [0.1, 0.15) is 0 Å². The number of fused-ring (bicyclic) bond motifs is 3. The van der Waals surface area contributed by atoms with Crippen molar-refractivity contribution in [3.8, 4) is 0 Å². The molecule has 18 heavy (non-hydrogen) atoms. The van der Waals surface area contributed by atoms with Crippen molar-refractivity contribution in [1.29, 1.82) is 0 Å². The molecule has 1 saturated heterocycles. The summed E-state index contributed by atoms with van der Waals surface area (Å²) in [5, 5.41) is 6.07. The molecule has 1 aromatic carbocycles. The highest BCUT2D eigenvalue weighted by atomic mass is 14.9. The molecule has 0 saturated carbocycles. The molecule has 1 fully saturated rings. The van der Waals surface area contributed by atoms with Gasteiger partial charge in [-0.15, -0.1) is 0 Å². The predicted octanol–water partition coefficient (Wildman–Crippen LogP) is 1.72. The van der Waals surface area contributed by atoms with Gasteiger partial charge < -0.3 is 5.32 Å². The second-order valence-electron chi connectivity index (χ2n) is 5.59. The third kappa shape index (κ3) is 1.52. The Morgan fingerprint density at radius 3 is 3.06 bits per heavy atom. The number of allylic oxidation sites excluding steroid dienone is 2. The van der Waals surface area contributed by atoms with Crippen molar-refractivity contribution in [1.82, 2.24) is 5.32 Å². The summed E-state index contributed by atoms with van der Waals surface area (Å²) in [7, 11) is 0. The molecule has 2 heteroatoms. The van der Waals surface area contributed by atoms with Crippen LogP contribution in [0.2, 0.25) is 0 Å². The Bertz CT molecular complexity index is 627. The van der Waals surface area contributed by atoms with Crippen LogP contribution in [0.25, 0.3) is 6.08 Å². The molecule has 1 N–H and O–H groups in total. The van der Waals surface area contributed by atoms with Gasteiger partial charge in [-0.3, -0.25) is 4.99 Å². The highest BCUT2D eigenvalue weighted by molar-refractivity contribution is 5.41. The van der Waals surface area contributed by atoms with Crippen LogP contribution in [0.1, 0.15) is 25.7 Å². The number of para-hydroxylation sites is 1. The normalized spacial score (nSPS) is 29.1. The average Bonchev–Trinajstić information content (AvgIpc) is 2.45. The Hall–Kier alpha value is -1.57. The Labute approximate surface area is 107 Å². The van der Waals surface area contributed by atoms with E-state index < -0.39 is 0 Å². The van der Waals surface area contributed by atoms with Crippen molar-refractivity contribution in [2.24, 2.45) is 16.8 Å². The maximum Gasteiger partial charge on any atom is 0.0703 e. The second kappa shape index (κ2) is 3.98. The number of nitrogens with zero attached hydrogens (tertiary/aromatic N) is 1. The molecule has 0 amide bonds. The van der Waals surface area contributed by atoms with Gasteiger partial charge in [0.15, 0.2) is 0 Å². The fourth-order valence-electron chi connectivity index (χ4n) is 3.55. The van der Waals surface area contributed by atoms with Gasteiger partial charge in [-0.1, -0.05) is 24.3 Å². The smallest absolute Gasteiger partial charge is 0.0703 e. The van der Waals surface area contributed by atoms with Gasteiger partial charge in [0.2, 0.25) is 0 Å². The summed E-state index contributed by atoms with van der Waals surface area (Å²) in [5.74, 6) is 1.28. The third-order valence-electron chi connectivity index (χ3n) is 4.46. The summed E-state index contributed by atoms with van der Waals surface area (Å²) in [6.45, 7) is 1.12. The lowest BCUT2D eigenvalue weighted by Crippen LogP contribution is -2.37. The lowest BCUT2D eigenvalue weighted by atomic mass is 9.78. The first-order chi connectivity index (χ1) is 8.92. The van der Waals surface area contributed by atoms with E-state index in [1.165, 1.54) is 42.3 Å². The van der Waals surface area contributed by atoms with Crippen LogP contribution in [0, 0.1) is 11.8 Å². The van der Waals surface area contributed by atoms with E-state index in [2.05, 4.69) is 35.7 Å². The van der Waals surface area contributed by atoms with Crippen molar-refractivity contribution >= 4 is 6.08 Å². The molecule has 2 nitrogen and oxygen atoms in total. The summed E-state index contributed by atoms with van der Waals surface area (Å²) in [5.41, 5.74) is 2.77. The number of hydrogen-bond acceptors (Lipinski definition) is 2. The molecule has 2 atom stereocenters. The minimum Gasteiger partial charge on any atom is -0.387 e. The zero-order valence-corrected chi connectivity index (χ0v) is 10.5. The van der Waals surface area contributed by atoms with E-state index in [9.17, 15) is 0 Å². The lowest BCUT2D eigenvalue weighted by Gasteiger charge is -2.35. The second-order valence-corrected chi connectivity index (χ2v) is 5.59. The van der Waals surface area contributed by atoms with Crippen molar-refractivity contribution < 1.29 is 0 Å². The molecule has 4 rings (SSSR count). The predicted molar refractivity (Wildman–Crippen MR) is 72.2 cm³/mol. The van der Waals surface area contributed by atoms with Crippen molar-refractivity contribution in [2.75, 3.05) is 6.54 Å². The largest absolute Gasteiger partial charge is 0.387 e. The van der Waals surface area contributed by atoms with E-state index >= 15 is 0 Å². The monoisotopic (exact) mass is 238 g/mol. The molecule has 0 aromatic heterocycles. The number of hydrogen-bond donors (Lipinski definition) is 1. The van der Waals surface area contributed by atoms with Crippen LogP contribution in [0.3, 0.4) is 0 Å². The van der Waals surface area contributed by atoms with Gasteiger partial charge in [0, 0.05) is 24.1 Å². The van der Waals surface area contributed by atoms with Gasteiger partial charge in [-0.05, 0) is 37.0 Å². The average molecular weight is 238 g/mol. The number of rotatable bonds is 0. The molecule has 2 heterocycles. The molecule has 2 unspecified atom stereocenters. The highest BCUT2D eigenvalue weighted by Crippen LogP contribution is 2.38. The Morgan fingerprint density at radius 2 is 2.06 bits per heavy atom. The Morgan fingerprint density at radius 1 is 1.11 bits per heavy atom. The standard InChI is InChI=1S/C16H18N2/c1-2-6-14-12(4-1)10-13-8-7-11-5-3-9-17-15(11)16(13)18-14/h1-2,4,6,10-11,13,17H,3,5,7-9H2. The van der Waals surface area contributed by atoms with Crippen LogP contribution >= 0.6 is 0 Å². The maximum absolute atomic E-state index is 4.94. The van der Waals surface area contributed by atoms with Crippen molar-refractivity contribution in [3.63, 3.8) is 0 Å². The molecular weight excluding hydrogens is 220 g/mol. The molecule has 3 aliphatic rings. The Kier molecular flexibility index (Phi) is 2.29. The van der Waals surface area contributed by atoms with Crippen LogP contribution in [0.15, 0.2) is 40.7 Å². The first kappa shape index (κ1) is 10.4. The molecular formula is C16H18N2. The van der Waals surface area contributed by atoms with Crippen LogP contribution in [-0.2, 0) is 0 Å². The van der Waals surface area contributed by atoms with Crippen LogP contribution < -0.4 is 15.9 Å². The van der Waals surface area contributed by atoms with Crippen molar-refractivity contribution in [3.05, 3.63) is 46.2 Å². The molecule has 0 spiro atoms. The van der Waals surface area contributed by atoms with E-state index in [1.54, 1.807) is 0 Å². The lowest BCUT2D eigenvalue weighted by molar-refractivity contribution is 0.363. The van der Waals surface area contributed by atoms with Gasteiger partial charge >= 0.3 is 0 Å². The number of nitrogens with one attached hydrogen (secondary N) is 1. The number of benzene rings is 1. The van der Waals surface area contributed by atoms with Gasteiger partial charge in [0.05, 0.1) is 11.1 Å². The molecule has 1 aromatic rings. The fraction of sp³-hybridized carbons (Fsp3) is 0.438. The van der Waals surface area contributed by atoms with Gasteiger partial charge in [-0.2, -0.15) is 0 Å². The van der Waals surface area contributed by atoms with Gasteiger partial charge in [0.25, 0.3) is 0 Å². The summed E-state index contributed by atoms with van der Waals surface area (Å²) in [6.07, 6.45) is 7.66. The topological polar surface area (TPSA) is 24.4 Å². The Balaban J connectivity index is 1.92. The minimum absolute atomic E-state index is 0.539. The zero-order chi connectivity index (χ0) is 11.9. The van der Waals surface area contributed by atoms with Crippen LogP contribution in [0.4, 0.5) is 0 Å². The number of piperidine rings is 1. The summed E-state index contributed by atoms with van der Waals surface area (Å²) in [4.78, 5) is 4.94. The molecule has 2 aliphatic heterocycles. The highest BCUT2D eigenvalue weighted by Gasteiger charge is 2.31. The summed E-state index contributed by atoms with van der Waals surface area (Å²) in [6, 6.07) is 8.49. The minimum atomic E-state index is 0.539. The first-order valence-electron chi connectivity index (χ1n) is 7.05. The molecule has 0 bridgehead atoms. The van der Waals surface area contributed by atoms with E-state index in [4.69, 9.17) is 4.99 Å². The van der Waals surface area contributed by atoms with E-state index in [1.807, 2.05) is 0 Å². The SMILES string of the molecule is C1=c2ccccc2=NC2=C3NCCCC3CCC12. The third-order valence-corrected chi connectivity index (χ3v) is 4.46. The van der Waals surface area contributed by atoms with Crippen LogP contribution in [0.5, 0.6) is 0 Å². The zero-order valence-electron chi connectivity index (χ0n) is 10.5. The van der Waals surface area contributed by atoms with Crippen molar-refractivity contribution in [2.45, 2.75) is 25.7 Å². The molecule has 0 radical (unpaired) electrons. The van der Waals surface area contributed by atoms with Crippen LogP contribution in [-0.4, -0.2) is 6.54 Å².